The van der Waals surface area contributed by atoms with E-state index in [9.17, 15) is 13.2 Å². The van der Waals surface area contributed by atoms with Crippen LogP contribution in [0.1, 0.15) is 12.7 Å². The highest BCUT2D eigenvalue weighted by Crippen LogP contribution is 2.30. The van der Waals surface area contributed by atoms with E-state index in [1.807, 2.05) is 0 Å². The maximum Gasteiger partial charge on any atom is 0.307 e. The van der Waals surface area contributed by atoms with Gasteiger partial charge in [0.05, 0.1) is 0 Å². The molecule has 3 rings (SSSR count). The Labute approximate surface area is 104 Å². The summed E-state index contributed by atoms with van der Waals surface area (Å²) in [7, 11) is 0. The summed E-state index contributed by atoms with van der Waals surface area (Å²) in [4.78, 5) is 3.55. The van der Waals surface area contributed by atoms with Crippen molar-refractivity contribution in [2.24, 2.45) is 0 Å². The van der Waals surface area contributed by atoms with Gasteiger partial charge in [0.1, 0.15) is 11.4 Å². The molecule has 0 radical (unpaired) electrons. The number of rotatable bonds is 2. The number of nitrogens with zero attached hydrogens (tertiary/aromatic N) is 2. The molecule has 0 amide bonds. The highest BCUT2D eigenvalue weighted by molar-refractivity contribution is 5.81. The minimum atomic E-state index is -3.19. The first-order chi connectivity index (χ1) is 8.93. The Kier molecular flexibility index (Phi) is 2.38. The largest absolute Gasteiger partial charge is 0.451 e. The number of furan rings is 1. The number of benzene rings is 1. The van der Waals surface area contributed by atoms with Crippen LogP contribution in [0, 0.1) is 5.82 Å². The lowest BCUT2D eigenvalue weighted by atomic mass is 10.2. The molecule has 3 aromatic rings. The average molecular weight is 268 g/mol. The first kappa shape index (κ1) is 11.8. The molecule has 19 heavy (non-hydrogen) atoms. The van der Waals surface area contributed by atoms with Gasteiger partial charge in [-0.3, -0.25) is 0 Å². The molecule has 0 fully saturated rings. The van der Waals surface area contributed by atoms with Gasteiger partial charge in [-0.25, -0.2) is 4.39 Å². The lowest BCUT2D eigenvalue weighted by Crippen LogP contribution is -2.09. The van der Waals surface area contributed by atoms with Crippen LogP contribution in [0.2, 0.25) is 0 Å². The molecule has 4 nitrogen and oxygen atoms in total. The topological polar surface area (TPSA) is 52.1 Å². The summed E-state index contributed by atoms with van der Waals surface area (Å²) in [6.07, 6.45) is 0. The molecule has 7 heteroatoms. The fourth-order valence-corrected chi connectivity index (χ4v) is 1.62. The van der Waals surface area contributed by atoms with Crippen LogP contribution in [0.25, 0.3) is 22.6 Å². The van der Waals surface area contributed by atoms with Crippen molar-refractivity contribution in [3.05, 3.63) is 35.9 Å². The molecule has 0 aliphatic heterocycles. The summed E-state index contributed by atoms with van der Waals surface area (Å²) in [5, 5.41) is 3.67. The lowest BCUT2D eigenvalue weighted by molar-refractivity contribution is 0.00559. The summed E-state index contributed by atoms with van der Waals surface area (Å²) in [6, 6.07) is 5.37. The van der Waals surface area contributed by atoms with Gasteiger partial charge in [0.2, 0.25) is 5.82 Å². The van der Waals surface area contributed by atoms with E-state index >= 15 is 0 Å². The standard InChI is InChI=1S/C12H7F3N2O2/c1-12(14,15)11-16-10(19-17-11)9-5-6-4-7(13)2-3-8(6)18-9/h2-5H,1H3. The van der Waals surface area contributed by atoms with E-state index in [4.69, 9.17) is 8.94 Å². The van der Waals surface area contributed by atoms with Crippen LogP contribution in [-0.4, -0.2) is 10.1 Å². The van der Waals surface area contributed by atoms with E-state index in [1.54, 1.807) is 0 Å². The SMILES string of the molecule is CC(F)(F)c1noc(-c2cc3cc(F)ccc3o2)n1. The Bertz CT molecular complexity index is 743. The number of alkyl halides is 2. The quantitative estimate of drug-likeness (QED) is 0.710. The molecule has 0 saturated heterocycles. The molecule has 0 bridgehead atoms. The summed E-state index contributed by atoms with van der Waals surface area (Å²) in [5.41, 5.74) is 0.402. The number of hydrogen-bond donors (Lipinski definition) is 0. The molecular weight excluding hydrogens is 261 g/mol. The molecule has 0 N–H and O–H groups in total. The molecule has 0 unspecified atom stereocenters. The molecule has 0 aliphatic carbocycles. The third-order valence-corrected chi connectivity index (χ3v) is 2.51. The summed E-state index contributed by atoms with van der Waals surface area (Å²) in [6.45, 7) is 0.662. The fraction of sp³-hybridized carbons (Fsp3) is 0.167. The fourth-order valence-electron chi connectivity index (χ4n) is 1.62. The van der Waals surface area contributed by atoms with Crippen molar-refractivity contribution < 1.29 is 22.1 Å². The van der Waals surface area contributed by atoms with Gasteiger partial charge in [0.15, 0.2) is 5.76 Å². The predicted molar refractivity (Wildman–Crippen MR) is 59.0 cm³/mol. The Morgan fingerprint density at radius 2 is 2.00 bits per heavy atom. The zero-order valence-corrected chi connectivity index (χ0v) is 9.65. The second kappa shape index (κ2) is 3.84. The molecule has 1 aromatic carbocycles. The summed E-state index contributed by atoms with van der Waals surface area (Å²) in [5.74, 6) is -4.41. The number of aromatic nitrogens is 2. The van der Waals surface area contributed by atoms with Crippen molar-refractivity contribution in [2.45, 2.75) is 12.8 Å². The van der Waals surface area contributed by atoms with E-state index in [2.05, 4.69) is 10.1 Å². The Morgan fingerprint density at radius 1 is 1.21 bits per heavy atom. The van der Waals surface area contributed by atoms with Crippen molar-refractivity contribution >= 4 is 11.0 Å². The number of halogens is 3. The Hall–Kier alpha value is -2.31. The molecule has 2 heterocycles. The highest BCUT2D eigenvalue weighted by atomic mass is 19.3. The first-order valence-corrected chi connectivity index (χ1v) is 5.35. The van der Waals surface area contributed by atoms with Crippen molar-refractivity contribution in [1.82, 2.24) is 10.1 Å². The normalized spacial score (nSPS) is 12.2. The van der Waals surface area contributed by atoms with Crippen LogP contribution >= 0.6 is 0 Å². The van der Waals surface area contributed by atoms with Crippen molar-refractivity contribution in [3.63, 3.8) is 0 Å². The highest BCUT2D eigenvalue weighted by Gasteiger charge is 2.31. The van der Waals surface area contributed by atoms with Crippen LogP contribution in [0.15, 0.2) is 33.2 Å². The summed E-state index contributed by atoms with van der Waals surface area (Å²) >= 11 is 0. The van der Waals surface area contributed by atoms with Gasteiger partial charge in [-0.1, -0.05) is 5.16 Å². The molecule has 2 aromatic heterocycles. The van der Waals surface area contributed by atoms with Crippen LogP contribution in [0.3, 0.4) is 0 Å². The summed E-state index contributed by atoms with van der Waals surface area (Å²) < 4.78 is 49.0. The second-order valence-electron chi connectivity index (χ2n) is 4.10. The predicted octanol–water partition coefficient (Wildman–Crippen LogP) is 3.73. The first-order valence-electron chi connectivity index (χ1n) is 5.35. The minimum Gasteiger partial charge on any atom is -0.451 e. The Balaban J connectivity index is 2.07. The third kappa shape index (κ3) is 2.07. The van der Waals surface area contributed by atoms with Crippen LogP contribution < -0.4 is 0 Å². The van der Waals surface area contributed by atoms with E-state index < -0.39 is 17.6 Å². The smallest absolute Gasteiger partial charge is 0.307 e. The molecule has 0 aliphatic rings. The van der Waals surface area contributed by atoms with Gasteiger partial charge in [0, 0.05) is 12.3 Å². The monoisotopic (exact) mass is 268 g/mol. The van der Waals surface area contributed by atoms with Gasteiger partial charge in [-0.2, -0.15) is 13.8 Å². The lowest BCUT2D eigenvalue weighted by Gasteiger charge is -2.00. The zero-order chi connectivity index (χ0) is 13.6. The van der Waals surface area contributed by atoms with E-state index in [0.29, 0.717) is 17.9 Å². The minimum absolute atomic E-state index is 0.114. The van der Waals surface area contributed by atoms with Gasteiger partial charge < -0.3 is 8.94 Å². The maximum atomic E-state index is 13.0. The van der Waals surface area contributed by atoms with E-state index in [0.717, 1.165) is 0 Å². The van der Waals surface area contributed by atoms with Crippen LogP contribution in [0.4, 0.5) is 13.2 Å². The van der Waals surface area contributed by atoms with Gasteiger partial charge >= 0.3 is 5.92 Å². The number of hydrogen-bond acceptors (Lipinski definition) is 4. The second-order valence-corrected chi connectivity index (χ2v) is 4.10. The average Bonchev–Trinajstić information content (AvgIpc) is 2.92. The van der Waals surface area contributed by atoms with Crippen molar-refractivity contribution in [3.8, 4) is 11.7 Å². The third-order valence-electron chi connectivity index (χ3n) is 2.51. The van der Waals surface area contributed by atoms with Crippen LogP contribution in [0.5, 0.6) is 0 Å². The van der Waals surface area contributed by atoms with Crippen LogP contribution in [-0.2, 0) is 5.92 Å². The number of fused-ring (bicyclic) bond motifs is 1. The molecule has 0 saturated carbocycles. The van der Waals surface area contributed by atoms with Crippen molar-refractivity contribution in [2.75, 3.05) is 0 Å². The van der Waals surface area contributed by atoms with Crippen molar-refractivity contribution in [1.29, 1.82) is 0 Å². The van der Waals surface area contributed by atoms with Gasteiger partial charge in [-0.05, 0) is 24.3 Å². The molecule has 0 atom stereocenters. The molecular formula is C12H7F3N2O2. The van der Waals surface area contributed by atoms with E-state index in [1.165, 1.54) is 24.3 Å². The molecule has 98 valence electrons. The zero-order valence-electron chi connectivity index (χ0n) is 9.65. The maximum absolute atomic E-state index is 13.0. The van der Waals surface area contributed by atoms with Gasteiger partial charge in [-0.15, -0.1) is 0 Å². The van der Waals surface area contributed by atoms with Gasteiger partial charge in [0.25, 0.3) is 5.89 Å². The Morgan fingerprint density at radius 3 is 2.68 bits per heavy atom. The molecule has 0 spiro atoms. The van der Waals surface area contributed by atoms with E-state index in [-0.39, 0.29) is 11.7 Å².